The summed E-state index contributed by atoms with van der Waals surface area (Å²) < 4.78 is 11.2. The van der Waals surface area contributed by atoms with E-state index in [4.69, 9.17) is 15.0 Å². The maximum atomic E-state index is 12.8. The van der Waals surface area contributed by atoms with Gasteiger partial charge >= 0.3 is 0 Å². The Bertz CT molecular complexity index is 805. The van der Waals surface area contributed by atoms with Crippen molar-refractivity contribution in [3.05, 3.63) is 29.3 Å². The number of ether oxygens (including phenoxy) is 1. The van der Waals surface area contributed by atoms with Gasteiger partial charge in [-0.3, -0.25) is 4.79 Å². The van der Waals surface area contributed by atoms with Crippen molar-refractivity contribution in [1.29, 1.82) is 0 Å². The molecule has 2 heterocycles. The third kappa shape index (κ3) is 5.44. The fourth-order valence-electron chi connectivity index (χ4n) is 3.70. The Hall–Kier alpha value is -2.68. The molecule has 0 aromatic carbocycles. The van der Waals surface area contributed by atoms with Crippen molar-refractivity contribution in [1.82, 2.24) is 20.4 Å². The van der Waals surface area contributed by atoms with Gasteiger partial charge in [0, 0.05) is 30.8 Å². The van der Waals surface area contributed by atoms with Crippen LogP contribution in [0.15, 0.2) is 16.8 Å². The first-order valence-corrected chi connectivity index (χ1v) is 10.1. The molecule has 9 heteroatoms. The fraction of sp³-hybridized carbons (Fsp3) is 0.600. The van der Waals surface area contributed by atoms with E-state index in [0.29, 0.717) is 25.4 Å². The molecular weight excluding hydrogens is 372 g/mol. The highest BCUT2D eigenvalue weighted by Crippen LogP contribution is 2.29. The molecule has 4 N–H and O–H groups in total. The monoisotopic (exact) mass is 402 g/mol. The SMILES string of the molecule is CCCOC1CC(C(=O)NCc2c(C)noc2C)CCC1Nc1ccnc(N)n1. The molecule has 0 radical (unpaired) electrons. The molecule has 0 saturated heterocycles. The van der Waals surface area contributed by atoms with E-state index in [1.807, 2.05) is 13.8 Å². The molecule has 158 valence electrons. The average molecular weight is 402 g/mol. The van der Waals surface area contributed by atoms with Crippen molar-refractivity contribution >= 4 is 17.7 Å². The van der Waals surface area contributed by atoms with Crippen LogP contribution in [-0.2, 0) is 16.1 Å². The number of rotatable bonds is 8. The molecule has 3 rings (SSSR count). The van der Waals surface area contributed by atoms with Crippen LogP contribution in [0.4, 0.5) is 11.8 Å². The summed E-state index contributed by atoms with van der Waals surface area (Å²) in [6, 6.07) is 1.86. The summed E-state index contributed by atoms with van der Waals surface area (Å²) in [5.41, 5.74) is 7.43. The molecule has 0 aliphatic heterocycles. The fourth-order valence-corrected chi connectivity index (χ4v) is 3.70. The van der Waals surface area contributed by atoms with Crippen LogP contribution in [0, 0.1) is 19.8 Å². The smallest absolute Gasteiger partial charge is 0.223 e. The standard InChI is InChI=1S/C20H30N6O3/c1-4-9-28-17-10-14(19(27)23-11-15-12(2)26-29-13(15)3)5-6-16(17)24-18-7-8-22-20(21)25-18/h7-8,14,16-17H,4-6,9-11H2,1-3H3,(H,23,27)(H3,21,22,24,25). The predicted molar refractivity (Wildman–Crippen MR) is 109 cm³/mol. The number of hydrogen-bond acceptors (Lipinski definition) is 8. The summed E-state index contributed by atoms with van der Waals surface area (Å²) in [5, 5.41) is 10.4. The first-order chi connectivity index (χ1) is 14.0. The number of carbonyl (C=O) groups excluding carboxylic acids is 1. The minimum Gasteiger partial charge on any atom is -0.376 e. The van der Waals surface area contributed by atoms with E-state index >= 15 is 0 Å². The minimum atomic E-state index is -0.0918. The number of nitrogen functional groups attached to an aromatic ring is 1. The number of aryl methyl sites for hydroxylation is 2. The maximum Gasteiger partial charge on any atom is 0.223 e. The zero-order chi connectivity index (χ0) is 20.8. The van der Waals surface area contributed by atoms with E-state index in [1.54, 1.807) is 12.3 Å². The first-order valence-electron chi connectivity index (χ1n) is 10.1. The number of carbonyl (C=O) groups is 1. The third-order valence-corrected chi connectivity index (χ3v) is 5.33. The Labute approximate surface area is 170 Å². The number of hydrogen-bond donors (Lipinski definition) is 3. The van der Waals surface area contributed by atoms with Crippen molar-refractivity contribution in [3.63, 3.8) is 0 Å². The minimum absolute atomic E-state index is 0.0415. The third-order valence-electron chi connectivity index (χ3n) is 5.33. The van der Waals surface area contributed by atoms with Crippen LogP contribution < -0.4 is 16.4 Å². The van der Waals surface area contributed by atoms with Gasteiger partial charge in [0.2, 0.25) is 11.9 Å². The van der Waals surface area contributed by atoms with Crippen LogP contribution in [0.25, 0.3) is 0 Å². The highest BCUT2D eigenvalue weighted by Gasteiger charge is 2.34. The number of anilines is 2. The maximum absolute atomic E-state index is 12.8. The molecule has 1 aliphatic rings. The van der Waals surface area contributed by atoms with Gasteiger partial charge in [0.25, 0.3) is 0 Å². The number of amides is 1. The van der Waals surface area contributed by atoms with Crippen LogP contribution in [-0.4, -0.2) is 39.8 Å². The van der Waals surface area contributed by atoms with Gasteiger partial charge < -0.3 is 25.6 Å². The number of nitrogens with one attached hydrogen (secondary N) is 2. The lowest BCUT2D eigenvalue weighted by atomic mass is 9.83. The van der Waals surface area contributed by atoms with Gasteiger partial charge in [-0.1, -0.05) is 12.1 Å². The van der Waals surface area contributed by atoms with Crippen molar-refractivity contribution in [3.8, 4) is 0 Å². The summed E-state index contributed by atoms with van der Waals surface area (Å²) in [7, 11) is 0. The Morgan fingerprint density at radius 3 is 2.90 bits per heavy atom. The number of nitrogens with two attached hydrogens (primary N) is 1. The molecule has 3 atom stereocenters. The quantitative estimate of drug-likeness (QED) is 0.614. The zero-order valence-electron chi connectivity index (χ0n) is 17.3. The molecular formula is C20H30N6O3. The predicted octanol–water partition coefficient (Wildman–Crippen LogP) is 2.36. The summed E-state index contributed by atoms with van der Waals surface area (Å²) in [4.78, 5) is 20.9. The topological polar surface area (TPSA) is 128 Å². The first kappa shape index (κ1) is 21.0. The summed E-state index contributed by atoms with van der Waals surface area (Å²) >= 11 is 0. The lowest BCUT2D eigenvalue weighted by Crippen LogP contribution is -2.45. The molecule has 1 fully saturated rings. The Morgan fingerprint density at radius 2 is 2.21 bits per heavy atom. The van der Waals surface area contributed by atoms with E-state index in [0.717, 1.165) is 36.3 Å². The highest BCUT2D eigenvalue weighted by atomic mass is 16.5. The van der Waals surface area contributed by atoms with Crippen LogP contribution in [0.1, 0.15) is 49.6 Å². The molecule has 2 aromatic heterocycles. The average Bonchev–Trinajstić information content (AvgIpc) is 3.03. The van der Waals surface area contributed by atoms with Crippen molar-refractivity contribution in [2.24, 2.45) is 5.92 Å². The number of nitrogens with zero attached hydrogens (tertiary/aromatic N) is 3. The van der Waals surface area contributed by atoms with E-state index < -0.39 is 0 Å². The summed E-state index contributed by atoms with van der Waals surface area (Å²) in [6.45, 7) is 6.89. The van der Waals surface area contributed by atoms with E-state index in [9.17, 15) is 4.79 Å². The van der Waals surface area contributed by atoms with Crippen LogP contribution in [0.3, 0.4) is 0 Å². The largest absolute Gasteiger partial charge is 0.376 e. The van der Waals surface area contributed by atoms with Gasteiger partial charge in [-0.2, -0.15) is 4.98 Å². The second kappa shape index (κ2) is 9.69. The lowest BCUT2D eigenvalue weighted by molar-refractivity contribution is -0.128. The Morgan fingerprint density at radius 1 is 1.38 bits per heavy atom. The lowest BCUT2D eigenvalue weighted by Gasteiger charge is -2.36. The van der Waals surface area contributed by atoms with Gasteiger partial charge in [0.05, 0.1) is 17.8 Å². The van der Waals surface area contributed by atoms with Crippen molar-refractivity contribution in [2.75, 3.05) is 17.7 Å². The van der Waals surface area contributed by atoms with Crippen LogP contribution >= 0.6 is 0 Å². The molecule has 2 aromatic rings. The van der Waals surface area contributed by atoms with Gasteiger partial charge in [0.1, 0.15) is 11.6 Å². The van der Waals surface area contributed by atoms with Gasteiger partial charge in [-0.25, -0.2) is 4.98 Å². The number of aromatic nitrogens is 3. The van der Waals surface area contributed by atoms with E-state index in [1.165, 1.54) is 0 Å². The zero-order valence-corrected chi connectivity index (χ0v) is 17.3. The molecule has 1 aliphatic carbocycles. The highest BCUT2D eigenvalue weighted by molar-refractivity contribution is 5.78. The van der Waals surface area contributed by atoms with Gasteiger partial charge in [-0.05, 0) is 45.6 Å². The molecule has 0 spiro atoms. The Balaban J connectivity index is 1.60. The van der Waals surface area contributed by atoms with E-state index in [-0.39, 0.29) is 29.9 Å². The Kier molecular flexibility index (Phi) is 7.03. The van der Waals surface area contributed by atoms with Crippen LogP contribution in [0.5, 0.6) is 0 Å². The van der Waals surface area contributed by atoms with Crippen molar-refractivity contribution in [2.45, 2.75) is 65.1 Å². The van der Waals surface area contributed by atoms with Gasteiger partial charge in [-0.15, -0.1) is 0 Å². The normalized spacial score (nSPS) is 21.7. The summed E-state index contributed by atoms with van der Waals surface area (Å²) in [6.07, 6.45) is 4.72. The molecule has 1 amide bonds. The van der Waals surface area contributed by atoms with Gasteiger partial charge in [0.15, 0.2) is 0 Å². The molecule has 0 bridgehead atoms. The van der Waals surface area contributed by atoms with E-state index in [2.05, 4.69) is 32.7 Å². The molecule has 29 heavy (non-hydrogen) atoms. The molecule has 1 saturated carbocycles. The van der Waals surface area contributed by atoms with Crippen molar-refractivity contribution < 1.29 is 14.1 Å². The second-order valence-corrected chi connectivity index (χ2v) is 7.49. The molecule has 9 nitrogen and oxygen atoms in total. The summed E-state index contributed by atoms with van der Waals surface area (Å²) in [5.74, 6) is 1.59. The van der Waals surface area contributed by atoms with Crippen LogP contribution in [0.2, 0.25) is 0 Å². The second-order valence-electron chi connectivity index (χ2n) is 7.49. The molecule has 3 unspecified atom stereocenters.